The van der Waals surface area contributed by atoms with Crippen LogP contribution in [0.1, 0.15) is 42.8 Å². The van der Waals surface area contributed by atoms with Crippen molar-refractivity contribution in [1.29, 1.82) is 0 Å². The fraction of sp³-hybridized carbons (Fsp3) is 0.583. The molecule has 0 bridgehead atoms. The van der Waals surface area contributed by atoms with E-state index in [1.54, 1.807) is 6.07 Å². The van der Waals surface area contributed by atoms with Crippen LogP contribution >= 0.6 is 0 Å². The molecule has 1 aromatic rings. The van der Waals surface area contributed by atoms with Gasteiger partial charge in [-0.05, 0) is 31.4 Å². The summed E-state index contributed by atoms with van der Waals surface area (Å²) in [5.74, 6) is 0.445. The van der Waals surface area contributed by atoms with E-state index in [2.05, 4.69) is 19.2 Å². The number of hydrogen-bond acceptors (Lipinski definition) is 3. The van der Waals surface area contributed by atoms with E-state index in [-0.39, 0.29) is 5.56 Å². The Morgan fingerprint density at radius 2 is 2.31 bits per heavy atom. The molecule has 2 N–H and O–H groups in total. The number of carbonyl (C=O) groups is 1. The molecule has 0 spiro atoms. The van der Waals surface area contributed by atoms with E-state index < -0.39 is 5.97 Å². The third-order valence-electron chi connectivity index (χ3n) is 2.33. The molecule has 1 aromatic heterocycles. The summed E-state index contributed by atoms with van der Waals surface area (Å²) >= 11 is 0. The molecule has 0 saturated carbocycles. The highest BCUT2D eigenvalue weighted by atomic mass is 16.4. The van der Waals surface area contributed by atoms with Gasteiger partial charge in [-0.2, -0.15) is 0 Å². The molecule has 0 fully saturated rings. The molecule has 0 saturated heterocycles. The SMILES string of the molecule is CC(C)CCCNCc1cc(C(=O)O)co1. The lowest BCUT2D eigenvalue weighted by Gasteiger charge is -2.04. The highest BCUT2D eigenvalue weighted by molar-refractivity contribution is 5.87. The summed E-state index contributed by atoms with van der Waals surface area (Å²) in [5.41, 5.74) is 0.207. The van der Waals surface area contributed by atoms with Crippen LogP contribution in [0.3, 0.4) is 0 Å². The lowest BCUT2D eigenvalue weighted by atomic mass is 10.1. The molecule has 0 aliphatic heterocycles. The maximum Gasteiger partial charge on any atom is 0.338 e. The number of carboxylic acids is 1. The summed E-state index contributed by atoms with van der Waals surface area (Å²) < 4.78 is 5.11. The molecule has 0 unspecified atom stereocenters. The average molecular weight is 225 g/mol. The Balaban J connectivity index is 2.19. The zero-order valence-corrected chi connectivity index (χ0v) is 9.82. The molecule has 16 heavy (non-hydrogen) atoms. The highest BCUT2D eigenvalue weighted by Gasteiger charge is 2.07. The molecule has 0 atom stereocenters. The zero-order chi connectivity index (χ0) is 12.0. The van der Waals surface area contributed by atoms with Gasteiger partial charge < -0.3 is 14.8 Å². The van der Waals surface area contributed by atoms with Crippen molar-refractivity contribution in [3.05, 3.63) is 23.7 Å². The molecule has 0 aliphatic rings. The second kappa shape index (κ2) is 6.33. The minimum absolute atomic E-state index is 0.207. The van der Waals surface area contributed by atoms with Gasteiger partial charge in [0.1, 0.15) is 12.0 Å². The maximum atomic E-state index is 10.6. The first-order valence-corrected chi connectivity index (χ1v) is 5.61. The number of carboxylic acid groups (broad SMARTS) is 1. The van der Waals surface area contributed by atoms with E-state index in [1.165, 1.54) is 12.7 Å². The van der Waals surface area contributed by atoms with E-state index in [1.807, 2.05) is 0 Å². The van der Waals surface area contributed by atoms with Crippen molar-refractivity contribution in [3.8, 4) is 0 Å². The van der Waals surface area contributed by atoms with Gasteiger partial charge in [0.15, 0.2) is 0 Å². The number of aromatic carboxylic acids is 1. The predicted octanol–water partition coefficient (Wildman–Crippen LogP) is 2.50. The predicted molar refractivity (Wildman–Crippen MR) is 61.4 cm³/mol. The molecular weight excluding hydrogens is 206 g/mol. The first-order chi connectivity index (χ1) is 7.59. The van der Waals surface area contributed by atoms with Gasteiger partial charge in [0, 0.05) is 0 Å². The van der Waals surface area contributed by atoms with Crippen molar-refractivity contribution >= 4 is 5.97 Å². The third-order valence-corrected chi connectivity index (χ3v) is 2.33. The Morgan fingerprint density at radius 1 is 1.56 bits per heavy atom. The van der Waals surface area contributed by atoms with Gasteiger partial charge >= 0.3 is 5.97 Å². The van der Waals surface area contributed by atoms with Crippen LogP contribution in [-0.2, 0) is 6.54 Å². The van der Waals surface area contributed by atoms with Crippen molar-refractivity contribution in [3.63, 3.8) is 0 Å². The standard InChI is InChI=1S/C12H19NO3/c1-9(2)4-3-5-13-7-11-6-10(8-16-11)12(14)15/h6,8-9,13H,3-5,7H2,1-2H3,(H,14,15). The number of rotatable bonds is 7. The summed E-state index contributed by atoms with van der Waals surface area (Å²) in [4.78, 5) is 10.6. The van der Waals surface area contributed by atoms with Crippen LogP contribution < -0.4 is 5.32 Å². The second-order valence-electron chi connectivity index (χ2n) is 4.32. The quantitative estimate of drug-likeness (QED) is 0.700. The first-order valence-electron chi connectivity index (χ1n) is 5.61. The molecule has 0 amide bonds. The van der Waals surface area contributed by atoms with E-state index in [0.29, 0.717) is 12.3 Å². The second-order valence-corrected chi connectivity index (χ2v) is 4.32. The monoisotopic (exact) mass is 225 g/mol. The molecule has 1 rings (SSSR count). The van der Waals surface area contributed by atoms with Gasteiger partial charge in [-0.1, -0.05) is 13.8 Å². The smallest absolute Gasteiger partial charge is 0.338 e. The Hall–Kier alpha value is -1.29. The van der Waals surface area contributed by atoms with Crippen molar-refractivity contribution in [2.75, 3.05) is 6.54 Å². The zero-order valence-electron chi connectivity index (χ0n) is 9.82. The normalized spacial score (nSPS) is 10.9. The molecule has 4 heteroatoms. The van der Waals surface area contributed by atoms with Crippen LogP contribution in [0.2, 0.25) is 0 Å². The molecule has 0 aliphatic carbocycles. The minimum Gasteiger partial charge on any atom is -0.478 e. The largest absolute Gasteiger partial charge is 0.478 e. The van der Waals surface area contributed by atoms with Crippen LogP contribution in [0.15, 0.2) is 16.7 Å². The van der Waals surface area contributed by atoms with Gasteiger partial charge in [0.25, 0.3) is 0 Å². The summed E-state index contributed by atoms with van der Waals surface area (Å²) in [7, 11) is 0. The number of nitrogens with one attached hydrogen (secondary N) is 1. The highest BCUT2D eigenvalue weighted by Crippen LogP contribution is 2.07. The van der Waals surface area contributed by atoms with Gasteiger partial charge in [0.05, 0.1) is 12.1 Å². The van der Waals surface area contributed by atoms with Crippen LogP contribution in [0.25, 0.3) is 0 Å². The molecular formula is C12H19NO3. The summed E-state index contributed by atoms with van der Waals surface area (Å²) in [6.07, 6.45) is 3.60. The van der Waals surface area contributed by atoms with E-state index in [4.69, 9.17) is 9.52 Å². The number of furan rings is 1. The lowest BCUT2D eigenvalue weighted by Crippen LogP contribution is -2.14. The van der Waals surface area contributed by atoms with Gasteiger partial charge in [-0.25, -0.2) is 4.79 Å². The molecule has 90 valence electrons. The summed E-state index contributed by atoms with van der Waals surface area (Å²) in [6.45, 7) is 5.92. The van der Waals surface area contributed by atoms with Crippen LogP contribution in [-0.4, -0.2) is 17.6 Å². The summed E-state index contributed by atoms with van der Waals surface area (Å²) in [5, 5.41) is 11.9. The fourth-order valence-electron chi connectivity index (χ4n) is 1.43. The molecule has 0 aromatic carbocycles. The van der Waals surface area contributed by atoms with E-state index in [9.17, 15) is 4.79 Å². The Labute approximate surface area is 95.7 Å². The van der Waals surface area contributed by atoms with Gasteiger partial charge in [0.2, 0.25) is 0 Å². The van der Waals surface area contributed by atoms with Crippen LogP contribution in [0.5, 0.6) is 0 Å². The summed E-state index contributed by atoms with van der Waals surface area (Å²) in [6, 6.07) is 1.55. The maximum absolute atomic E-state index is 10.6. The van der Waals surface area contributed by atoms with Gasteiger partial charge in [-0.15, -0.1) is 0 Å². The lowest BCUT2D eigenvalue weighted by molar-refractivity contribution is 0.0696. The topological polar surface area (TPSA) is 62.5 Å². The van der Waals surface area contributed by atoms with Crippen molar-refractivity contribution < 1.29 is 14.3 Å². The van der Waals surface area contributed by atoms with Crippen LogP contribution in [0, 0.1) is 5.92 Å². The minimum atomic E-state index is -0.949. The average Bonchev–Trinajstić information content (AvgIpc) is 2.65. The Morgan fingerprint density at radius 3 is 2.88 bits per heavy atom. The van der Waals surface area contributed by atoms with Crippen molar-refractivity contribution in [2.45, 2.75) is 33.2 Å². The van der Waals surface area contributed by atoms with E-state index >= 15 is 0 Å². The Kier molecular flexibility index (Phi) is 5.05. The first kappa shape index (κ1) is 12.8. The Bertz CT molecular complexity index is 331. The van der Waals surface area contributed by atoms with E-state index in [0.717, 1.165) is 18.9 Å². The molecule has 1 heterocycles. The molecule has 0 radical (unpaired) electrons. The molecule has 4 nitrogen and oxygen atoms in total. The van der Waals surface area contributed by atoms with Gasteiger partial charge in [-0.3, -0.25) is 0 Å². The van der Waals surface area contributed by atoms with Crippen LogP contribution in [0.4, 0.5) is 0 Å². The van der Waals surface area contributed by atoms with Crippen molar-refractivity contribution in [1.82, 2.24) is 5.32 Å². The van der Waals surface area contributed by atoms with Crippen molar-refractivity contribution in [2.24, 2.45) is 5.92 Å². The fourth-order valence-corrected chi connectivity index (χ4v) is 1.43. The third kappa shape index (κ3) is 4.49. The number of hydrogen-bond donors (Lipinski definition) is 2.